The second kappa shape index (κ2) is 6.41. The van der Waals surface area contributed by atoms with E-state index in [0.717, 1.165) is 17.5 Å². The van der Waals surface area contributed by atoms with Crippen LogP contribution in [0, 0.1) is 0 Å². The van der Waals surface area contributed by atoms with Gasteiger partial charge < -0.3 is 4.52 Å². The van der Waals surface area contributed by atoms with Gasteiger partial charge in [-0.2, -0.15) is 4.08 Å². The normalized spacial score (nSPS) is 14.7. The highest BCUT2D eigenvalue weighted by molar-refractivity contribution is 7.53. The average Bonchev–Trinajstić information content (AvgIpc) is 2.30. The Hall–Kier alpha value is -0.340. The van der Waals surface area contributed by atoms with Crippen LogP contribution in [-0.4, -0.2) is 6.61 Å². The fourth-order valence-electron chi connectivity index (χ4n) is 1.55. The number of hydrogen-bond acceptors (Lipinski definition) is 3. The summed E-state index contributed by atoms with van der Waals surface area (Å²) < 4.78 is 21.6. The van der Waals surface area contributed by atoms with Crippen LogP contribution in [0.2, 0.25) is 0 Å². The molecule has 0 aliphatic heterocycles. The molecule has 1 aromatic rings. The van der Waals surface area contributed by atoms with Gasteiger partial charge in [-0.15, -0.1) is 0 Å². The first-order chi connectivity index (χ1) is 7.65. The van der Waals surface area contributed by atoms with E-state index in [2.05, 4.69) is 4.08 Å². The molecule has 0 saturated heterocycles. The highest BCUT2D eigenvalue weighted by Crippen LogP contribution is 2.52. The Morgan fingerprint density at radius 1 is 1.25 bits per heavy atom. The zero-order valence-corrected chi connectivity index (χ0v) is 11.1. The fraction of sp³-hybridized carbons (Fsp3) is 0.455. The van der Waals surface area contributed by atoms with Gasteiger partial charge in [-0.05, 0) is 24.5 Å². The predicted molar refractivity (Wildman–Crippen MR) is 65.7 cm³/mol. The molecule has 0 bridgehead atoms. The molecule has 0 radical (unpaired) electrons. The maximum Gasteiger partial charge on any atom is 0.351 e. The van der Waals surface area contributed by atoms with Crippen LogP contribution in [0.5, 0.6) is 0 Å². The summed E-state index contributed by atoms with van der Waals surface area (Å²) in [5.74, 6) is 0. The number of aryl methyl sites for hydroxylation is 1. The van der Waals surface area contributed by atoms with Crippen LogP contribution in [0.1, 0.15) is 25.0 Å². The second-order valence-electron chi connectivity index (χ2n) is 3.38. The van der Waals surface area contributed by atoms with Crippen molar-refractivity contribution in [3.63, 3.8) is 0 Å². The van der Waals surface area contributed by atoms with Crippen molar-refractivity contribution in [3.8, 4) is 0 Å². The lowest BCUT2D eigenvalue weighted by atomic mass is 10.1. The Kier molecular flexibility index (Phi) is 5.50. The molecule has 0 aliphatic rings. The molecular formula is C11H16ClO3P. The lowest BCUT2D eigenvalue weighted by Crippen LogP contribution is -1.97. The Bertz CT molecular complexity index is 381. The summed E-state index contributed by atoms with van der Waals surface area (Å²) >= 11 is 5.24. The van der Waals surface area contributed by atoms with Crippen molar-refractivity contribution in [2.24, 2.45) is 0 Å². The largest absolute Gasteiger partial charge is 0.351 e. The molecule has 1 rings (SSSR count). The highest BCUT2D eigenvalue weighted by atomic mass is 35.5. The molecule has 0 saturated carbocycles. The number of hydrogen-bond donors (Lipinski definition) is 0. The van der Waals surface area contributed by atoms with Crippen LogP contribution in [0.15, 0.2) is 24.3 Å². The average molecular weight is 263 g/mol. The van der Waals surface area contributed by atoms with E-state index in [1.54, 1.807) is 6.92 Å². The molecule has 0 amide bonds. The summed E-state index contributed by atoms with van der Waals surface area (Å²) in [4.78, 5) is 0. The van der Waals surface area contributed by atoms with Crippen LogP contribution in [-0.2, 0) is 25.7 Å². The predicted octanol–water partition coefficient (Wildman–Crippen LogP) is 4.15. The van der Waals surface area contributed by atoms with Crippen LogP contribution in [0.3, 0.4) is 0 Å². The van der Waals surface area contributed by atoms with E-state index in [1.807, 2.05) is 31.2 Å². The Morgan fingerprint density at radius 3 is 2.38 bits per heavy atom. The maximum absolute atomic E-state index is 12.0. The van der Waals surface area contributed by atoms with Gasteiger partial charge in [0.05, 0.1) is 24.6 Å². The van der Waals surface area contributed by atoms with Crippen molar-refractivity contribution < 1.29 is 13.2 Å². The van der Waals surface area contributed by atoms with Crippen molar-refractivity contribution in [1.82, 2.24) is 0 Å². The van der Waals surface area contributed by atoms with Gasteiger partial charge in [0.2, 0.25) is 0 Å². The molecule has 1 aromatic carbocycles. The molecule has 0 heterocycles. The molecule has 0 spiro atoms. The van der Waals surface area contributed by atoms with E-state index in [-0.39, 0.29) is 6.16 Å². The third kappa shape index (κ3) is 3.60. The first kappa shape index (κ1) is 13.7. The van der Waals surface area contributed by atoms with Gasteiger partial charge in [0, 0.05) is 0 Å². The molecule has 0 aliphatic carbocycles. The summed E-state index contributed by atoms with van der Waals surface area (Å²) in [7, 11) is -3.20. The van der Waals surface area contributed by atoms with Gasteiger partial charge in [0.1, 0.15) is 0 Å². The van der Waals surface area contributed by atoms with Gasteiger partial charge in [-0.3, -0.25) is 4.57 Å². The highest BCUT2D eigenvalue weighted by Gasteiger charge is 2.25. The van der Waals surface area contributed by atoms with Gasteiger partial charge in [-0.1, -0.05) is 31.2 Å². The number of benzene rings is 1. The number of halogens is 1. The molecule has 1 atom stereocenters. The quantitative estimate of drug-likeness (QED) is 0.723. The van der Waals surface area contributed by atoms with Crippen molar-refractivity contribution in [3.05, 3.63) is 35.4 Å². The van der Waals surface area contributed by atoms with Crippen molar-refractivity contribution in [1.29, 1.82) is 0 Å². The lowest BCUT2D eigenvalue weighted by molar-refractivity contribution is 0.284. The van der Waals surface area contributed by atoms with Crippen LogP contribution in [0.4, 0.5) is 0 Å². The maximum atomic E-state index is 12.0. The zero-order chi connectivity index (χ0) is 12.0. The lowest BCUT2D eigenvalue weighted by Gasteiger charge is -2.15. The smallest absolute Gasteiger partial charge is 0.308 e. The van der Waals surface area contributed by atoms with E-state index in [4.69, 9.17) is 16.4 Å². The van der Waals surface area contributed by atoms with Gasteiger partial charge in [0.25, 0.3) is 0 Å². The van der Waals surface area contributed by atoms with Crippen molar-refractivity contribution in [2.75, 3.05) is 6.61 Å². The molecule has 3 nitrogen and oxygen atoms in total. The first-order valence-electron chi connectivity index (χ1n) is 5.26. The van der Waals surface area contributed by atoms with E-state index < -0.39 is 7.60 Å². The molecule has 1 unspecified atom stereocenters. The Morgan fingerprint density at radius 2 is 1.88 bits per heavy atom. The molecule has 0 N–H and O–H groups in total. The minimum Gasteiger partial charge on any atom is -0.308 e. The molecule has 0 aromatic heterocycles. The van der Waals surface area contributed by atoms with E-state index >= 15 is 0 Å². The number of rotatable bonds is 6. The summed E-state index contributed by atoms with van der Waals surface area (Å²) in [6.45, 7) is 4.12. The molecule has 5 heteroatoms. The van der Waals surface area contributed by atoms with Gasteiger partial charge >= 0.3 is 7.60 Å². The molecular weight excluding hydrogens is 247 g/mol. The monoisotopic (exact) mass is 262 g/mol. The van der Waals surface area contributed by atoms with Crippen LogP contribution in [0.25, 0.3) is 0 Å². The SMILES string of the molecule is CCOP(=O)(Cc1ccccc1CC)OCl. The summed E-state index contributed by atoms with van der Waals surface area (Å²) in [6, 6.07) is 7.77. The Balaban J connectivity index is 2.89. The molecule has 0 fully saturated rings. The van der Waals surface area contributed by atoms with Gasteiger partial charge in [-0.25, -0.2) is 0 Å². The standard InChI is InChI=1S/C11H16ClO3P/c1-3-10-7-5-6-8-11(10)9-16(13,15-12)14-4-2/h5-8H,3-4,9H2,1-2H3. The third-order valence-electron chi connectivity index (χ3n) is 2.29. The fourth-order valence-corrected chi connectivity index (χ4v) is 3.12. The van der Waals surface area contributed by atoms with Gasteiger partial charge in [0.15, 0.2) is 0 Å². The minimum absolute atomic E-state index is 0.217. The van der Waals surface area contributed by atoms with Crippen LogP contribution >= 0.6 is 19.5 Å². The van der Waals surface area contributed by atoms with Crippen molar-refractivity contribution >= 4 is 19.5 Å². The zero-order valence-electron chi connectivity index (χ0n) is 9.48. The topological polar surface area (TPSA) is 35.5 Å². The first-order valence-corrected chi connectivity index (χ1v) is 7.29. The third-order valence-corrected chi connectivity index (χ3v) is 4.51. The van der Waals surface area contributed by atoms with E-state index in [9.17, 15) is 4.57 Å². The summed E-state index contributed by atoms with van der Waals surface area (Å²) in [6.07, 6.45) is 1.10. The van der Waals surface area contributed by atoms with E-state index in [0.29, 0.717) is 6.61 Å². The van der Waals surface area contributed by atoms with Crippen LogP contribution < -0.4 is 0 Å². The summed E-state index contributed by atoms with van der Waals surface area (Å²) in [5, 5.41) is 0. The van der Waals surface area contributed by atoms with E-state index in [1.165, 1.54) is 0 Å². The summed E-state index contributed by atoms with van der Waals surface area (Å²) in [5.41, 5.74) is 2.10. The van der Waals surface area contributed by atoms with Crippen molar-refractivity contribution in [2.45, 2.75) is 26.4 Å². The second-order valence-corrected chi connectivity index (χ2v) is 5.73. The minimum atomic E-state index is -3.20. The molecule has 16 heavy (non-hydrogen) atoms. The molecule has 90 valence electrons. The Labute approximate surface area is 101 Å².